The van der Waals surface area contributed by atoms with Gasteiger partial charge in [-0.15, -0.1) is 0 Å². The fourth-order valence-electron chi connectivity index (χ4n) is 2.10. The summed E-state index contributed by atoms with van der Waals surface area (Å²) in [5.74, 6) is 1.06. The van der Waals surface area contributed by atoms with Crippen LogP contribution in [0.4, 0.5) is 5.82 Å². The van der Waals surface area contributed by atoms with E-state index in [0.717, 1.165) is 18.1 Å². The Hall–Kier alpha value is -0.640. The number of anilines is 1. The van der Waals surface area contributed by atoms with Gasteiger partial charge < -0.3 is 4.90 Å². The lowest BCUT2D eigenvalue weighted by Gasteiger charge is -2.34. The van der Waals surface area contributed by atoms with Gasteiger partial charge in [-0.2, -0.15) is 0 Å². The summed E-state index contributed by atoms with van der Waals surface area (Å²) in [6.07, 6.45) is 3.87. The van der Waals surface area contributed by atoms with E-state index >= 15 is 0 Å². The first-order chi connectivity index (χ1) is 7.16. The minimum absolute atomic E-state index is 0.597. The highest BCUT2D eigenvalue weighted by molar-refractivity contribution is 9.10. The Morgan fingerprint density at radius 2 is 2.20 bits per heavy atom. The Morgan fingerprint density at radius 1 is 1.40 bits per heavy atom. The molecule has 0 N–H and O–H groups in total. The van der Waals surface area contributed by atoms with Crippen molar-refractivity contribution in [3.63, 3.8) is 0 Å². The molecular weight excluding hydrogens is 254 g/mol. The third kappa shape index (κ3) is 2.48. The van der Waals surface area contributed by atoms with Crippen LogP contribution in [0.15, 0.2) is 10.8 Å². The van der Waals surface area contributed by atoms with Crippen LogP contribution >= 0.6 is 15.9 Å². The first-order valence-electron chi connectivity index (χ1n) is 5.44. The topological polar surface area (TPSA) is 29.0 Å². The molecule has 0 aliphatic carbocycles. The average Bonchev–Trinajstić information content (AvgIpc) is 2.16. The smallest absolute Gasteiger partial charge is 0.198 e. The van der Waals surface area contributed by atoms with Crippen molar-refractivity contribution in [3.8, 4) is 0 Å². The molecule has 1 unspecified atom stereocenters. The van der Waals surface area contributed by atoms with Gasteiger partial charge in [0.2, 0.25) is 0 Å². The third-order valence-corrected chi connectivity index (χ3v) is 3.27. The largest absolute Gasteiger partial charge is 0.354 e. The Kier molecular flexibility index (Phi) is 3.24. The number of halogens is 1. The van der Waals surface area contributed by atoms with Crippen molar-refractivity contribution in [2.24, 2.45) is 0 Å². The van der Waals surface area contributed by atoms with E-state index < -0.39 is 0 Å². The number of rotatable bonds is 1. The first kappa shape index (κ1) is 10.9. The van der Waals surface area contributed by atoms with Crippen LogP contribution in [0.5, 0.6) is 0 Å². The van der Waals surface area contributed by atoms with Crippen molar-refractivity contribution in [2.75, 3.05) is 11.4 Å². The zero-order valence-electron chi connectivity index (χ0n) is 9.20. The number of hydrogen-bond acceptors (Lipinski definition) is 3. The van der Waals surface area contributed by atoms with Crippen LogP contribution < -0.4 is 4.90 Å². The number of nitrogens with zero attached hydrogens (tertiary/aromatic N) is 3. The normalized spacial score (nSPS) is 21.8. The summed E-state index contributed by atoms with van der Waals surface area (Å²) in [5, 5.41) is 0. The number of hydrogen-bond donors (Lipinski definition) is 0. The summed E-state index contributed by atoms with van der Waals surface area (Å²) >= 11 is 3.35. The molecule has 1 aromatic rings. The maximum atomic E-state index is 4.44. The second-order valence-corrected chi connectivity index (χ2v) is 4.88. The van der Waals surface area contributed by atoms with Crippen LogP contribution in [0, 0.1) is 6.92 Å². The Balaban J connectivity index is 2.27. The molecule has 4 heteroatoms. The molecule has 2 rings (SSSR count). The fraction of sp³-hybridized carbons (Fsp3) is 0.636. The predicted molar refractivity (Wildman–Crippen MR) is 65.1 cm³/mol. The Morgan fingerprint density at radius 3 is 2.87 bits per heavy atom. The Labute approximate surface area is 99.0 Å². The summed E-state index contributed by atoms with van der Waals surface area (Å²) in [4.78, 5) is 11.1. The molecular formula is C11H16BrN3. The zero-order chi connectivity index (χ0) is 10.8. The molecule has 1 fully saturated rings. The van der Waals surface area contributed by atoms with Crippen molar-refractivity contribution in [2.45, 2.75) is 39.2 Å². The predicted octanol–water partition coefficient (Wildman–Crippen LogP) is 2.93. The molecule has 0 aromatic carbocycles. The lowest BCUT2D eigenvalue weighted by atomic mass is 10.0. The molecule has 1 saturated heterocycles. The van der Waals surface area contributed by atoms with Crippen LogP contribution in [0.25, 0.3) is 0 Å². The second-order valence-electron chi connectivity index (χ2n) is 4.17. The first-order valence-corrected chi connectivity index (χ1v) is 6.24. The van der Waals surface area contributed by atoms with Gasteiger partial charge in [0.1, 0.15) is 5.82 Å². The van der Waals surface area contributed by atoms with Gasteiger partial charge in [0.05, 0.1) is 0 Å². The molecule has 0 spiro atoms. The van der Waals surface area contributed by atoms with E-state index in [1.54, 1.807) is 0 Å². The zero-order valence-corrected chi connectivity index (χ0v) is 10.8. The summed E-state index contributed by atoms with van der Waals surface area (Å²) < 4.78 is 0.690. The molecule has 0 bridgehead atoms. The molecule has 0 saturated carbocycles. The summed E-state index contributed by atoms with van der Waals surface area (Å²) in [6, 6.07) is 2.66. The molecule has 15 heavy (non-hydrogen) atoms. The third-order valence-electron chi connectivity index (χ3n) is 2.91. The molecule has 82 valence electrons. The maximum Gasteiger partial charge on any atom is 0.198 e. The van der Waals surface area contributed by atoms with Gasteiger partial charge in [-0.25, -0.2) is 9.97 Å². The van der Waals surface area contributed by atoms with Crippen molar-refractivity contribution < 1.29 is 0 Å². The fourth-order valence-corrected chi connectivity index (χ4v) is 2.56. The van der Waals surface area contributed by atoms with Gasteiger partial charge in [-0.05, 0) is 49.0 Å². The monoisotopic (exact) mass is 269 g/mol. The summed E-state index contributed by atoms with van der Waals surface area (Å²) in [5.41, 5.74) is 1.02. The van der Waals surface area contributed by atoms with Gasteiger partial charge in [-0.1, -0.05) is 0 Å². The van der Waals surface area contributed by atoms with E-state index in [-0.39, 0.29) is 0 Å². The SMILES string of the molecule is Cc1cc(N2CCCCC2C)nc(Br)n1. The van der Waals surface area contributed by atoms with Gasteiger partial charge in [0.25, 0.3) is 0 Å². The van der Waals surface area contributed by atoms with E-state index in [2.05, 4.69) is 43.8 Å². The van der Waals surface area contributed by atoms with Gasteiger partial charge >= 0.3 is 0 Å². The Bertz CT molecular complexity index is 333. The quantitative estimate of drug-likeness (QED) is 0.735. The van der Waals surface area contributed by atoms with Crippen molar-refractivity contribution in [1.82, 2.24) is 9.97 Å². The number of aryl methyl sites for hydroxylation is 1. The van der Waals surface area contributed by atoms with Crippen LogP contribution in [0.1, 0.15) is 31.9 Å². The van der Waals surface area contributed by atoms with Crippen LogP contribution in [-0.4, -0.2) is 22.6 Å². The van der Waals surface area contributed by atoms with E-state index in [4.69, 9.17) is 0 Å². The highest BCUT2D eigenvalue weighted by Gasteiger charge is 2.20. The van der Waals surface area contributed by atoms with Crippen molar-refractivity contribution in [1.29, 1.82) is 0 Å². The summed E-state index contributed by atoms with van der Waals surface area (Å²) in [6.45, 7) is 5.39. The van der Waals surface area contributed by atoms with Gasteiger partial charge in [-0.3, -0.25) is 0 Å². The molecule has 1 aromatic heterocycles. The van der Waals surface area contributed by atoms with E-state index in [1.807, 2.05) is 6.92 Å². The second kappa shape index (κ2) is 4.47. The molecule has 1 atom stereocenters. The highest BCUT2D eigenvalue weighted by Crippen LogP contribution is 2.24. The molecule has 0 radical (unpaired) electrons. The summed E-state index contributed by atoms with van der Waals surface area (Å²) in [7, 11) is 0. The highest BCUT2D eigenvalue weighted by atomic mass is 79.9. The van der Waals surface area contributed by atoms with Gasteiger partial charge in [0, 0.05) is 24.3 Å². The number of piperidine rings is 1. The van der Waals surface area contributed by atoms with Crippen LogP contribution in [0.2, 0.25) is 0 Å². The number of aromatic nitrogens is 2. The lowest BCUT2D eigenvalue weighted by Crippen LogP contribution is -2.38. The standard InChI is InChI=1S/C11H16BrN3/c1-8-7-10(14-11(12)13-8)15-6-4-3-5-9(15)2/h7,9H,3-6H2,1-2H3. The van der Waals surface area contributed by atoms with Gasteiger partial charge in [0.15, 0.2) is 4.73 Å². The average molecular weight is 270 g/mol. The molecule has 1 aliphatic heterocycles. The van der Waals surface area contributed by atoms with Crippen molar-refractivity contribution in [3.05, 3.63) is 16.5 Å². The molecule has 3 nitrogen and oxygen atoms in total. The van der Waals surface area contributed by atoms with E-state index in [9.17, 15) is 0 Å². The molecule has 2 heterocycles. The minimum Gasteiger partial charge on any atom is -0.354 e. The lowest BCUT2D eigenvalue weighted by molar-refractivity contribution is 0.480. The maximum absolute atomic E-state index is 4.44. The van der Waals surface area contributed by atoms with Crippen molar-refractivity contribution >= 4 is 21.7 Å². The van der Waals surface area contributed by atoms with E-state index in [0.29, 0.717) is 10.8 Å². The molecule has 0 amide bonds. The molecule has 1 aliphatic rings. The van der Waals surface area contributed by atoms with Crippen LogP contribution in [0.3, 0.4) is 0 Å². The van der Waals surface area contributed by atoms with E-state index in [1.165, 1.54) is 19.3 Å². The van der Waals surface area contributed by atoms with Crippen LogP contribution in [-0.2, 0) is 0 Å². The minimum atomic E-state index is 0.597.